The summed E-state index contributed by atoms with van der Waals surface area (Å²) in [5.41, 5.74) is 7.18. The Balaban J connectivity index is 1.65. The lowest BCUT2D eigenvalue weighted by Gasteiger charge is -2.10. The topological polar surface area (TPSA) is 113 Å². The van der Waals surface area contributed by atoms with Crippen molar-refractivity contribution >= 4 is 23.2 Å². The van der Waals surface area contributed by atoms with Gasteiger partial charge in [0.25, 0.3) is 17.5 Å². The van der Waals surface area contributed by atoms with E-state index < -0.39 is 16.7 Å². The van der Waals surface area contributed by atoms with Gasteiger partial charge in [0.1, 0.15) is 5.69 Å². The third kappa shape index (κ3) is 5.66. The van der Waals surface area contributed by atoms with Gasteiger partial charge in [0.15, 0.2) is 0 Å². The van der Waals surface area contributed by atoms with E-state index in [1.165, 1.54) is 18.2 Å². The minimum atomic E-state index is -0.656. The molecule has 0 heterocycles. The van der Waals surface area contributed by atoms with E-state index in [1.54, 1.807) is 12.1 Å². The second-order valence-electron chi connectivity index (χ2n) is 6.79. The molecule has 0 aromatic heterocycles. The number of nitrogens with zero attached hydrogens (tertiary/aromatic N) is 1. The van der Waals surface area contributed by atoms with Crippen molar-refractivity contribution in [1.29, 1.82) is 0 Å². The summed E-state index contributed by atoms with van der Waals surface area (Å²) in [4.78, 5) is 35.5. The Kier molecular flexibility index (Phi) is 6.95. The van der Waals surface area contributed by atoms with Gasteiger partial charge < -0.3 is 5.32 Å². The fourth-order valence-electron chi connectivity index (χ4n) is 2.92. The number of nitrogens with one attached hydrogen (secondary N) is 3. The second-order valence-corrected chi connectivity index (χ2v) is 6.79. The van der Waals surface area contributed by atoms with Crippen molar-refractivity contribution in [3.63, 3.8) is 0 Å². The number of hydrogen-bond acceptors (Lipinski definition) is 5. The first kappa shape index (κ1) is 21.5. The molecule has 3 rings (SSSR count). The molecule has 0 bridgehead atoms. The highest BCUT2D eigenvalue weighted by molar-refractivity contribution is 5.99. The molecule has 3 aromatic carbocycles. The molecule has 0 saturated carbocycles. The molecule has 158 valence electrons. The molecule has 0 radical (unpaired) electrons. The van der Waals surface area contributed by atoms with Crippen LogP contribution in [0, 0.1) is 10.1 Å². The minimum Gasteiger partial charge on any atom is -0.375 e. The Hall–Kier alpha value is -4.20. The molecule has 0 fully saturated rings. The van der Waals surface area contributed by atoms with E-state index in [1.807, 2.05) is 49.4 Å². The van der Waals surface area contributed by atoms with Gasteiger partial charge in [0.2, 0.25) is 0 Å². The fraction of sp³-hybridized carbons (Fsp3) is 0.130. The Morgan fingerprint density at radius 2 is 1.45 bits per heavy atom. The van der Waals surface area contributed by atoms with E-state index in [0.29, 0.717) is 17.8 Å². The number of aryl methyl sites for hydroxylation is 1. The highest BCUT2D eigenvalue weighted by Crippen LogP contribution is 2.26. The number of carbonyl (C=O) groups excluding carboxylic acids is 2. The van der Waals surface area contributed by atoms with Crippen LogP contribution < -0.4 is 16.2 Å². The standard InChI is InChI=1S/C23H22N4O4/c1-2-16-8-10-18(11-9-16)22(28)25-26-23(29)19-12-13-20(21(14-19)27(30)31)24-15-17-6-4-3-5-7-17/h3-14,24H,2,15H2,1H3,(H,25,28)(H,26,29). The average Bonchev–Trinajstić information content (AvgIpc) is 2.81. The maximum atomic E-state index is 12.4. The SMILES string of the molecule is CCc1ccc(C(=O)NNC(=O)c2ccc(NCc3ccccc3)c([N+](=O)[O-])c2)cc1. The molecule has 8 heteroatoms. The molecule has 0 aliphatic rings. The molecule has 3 aromatic rings. The molecule has 0 atom stereocenters. The van der Waals surface area contributed by atoms with Crippen LogP contribution in [0.4, 0.5) is 11.4 Å². The van der Waals surface area contributed by atoms with Gasteiger partial charge in [0, 0.05) is 23.7 Å². The summed E-state index contributed by atoms with van der Waals surface area (Å²) in [5.74, 6) is -1.14. The lowest BCUT2D eigenvalue weighted by molar-refractivity contribution is -0.384. The Labute approximate surface area is 179 Å². The summed E-state index contributed by atoms with van der Waals surface area (Å²) in [5, 5.41) is 14.5. The van der Waals surface area contributed by atoms with Gasteiger partial charge in [-0.15, -0.1) is 0 Å². The van der Waals surface area contributed by atoms with Gasteiger partial charge in [-0.1, -0.05) is 49.4 Å². The van der Waals surface area contributed by atoms with Gasteiger partial charge in [-0.2, -0.15) is 0 Å². The largest absolute Gasteiger partial charge is 0.375 e. The van der Waals surface area contributed by atoms with Crippen LogP contribution >= 0.6 is 0 Å². The lowest BCUT2D eigenvalue weighted by atomic mass is 10.1. The third-order valence-electron chi connectivity index (χ3n) is 4.70. The maximum absolute atomic E-state index is 12.4. The van der Waals surface area contributed by atoms with E-state index in [0.717, 1.165) is 17.5 Å². The number of nitro groups is 1. The predicted octanol–water partition coefficient (Wildman–Crippen LogP) is 3.84. The Morgan fingerprint density at radius 1 is 0.839 bits per heavy atom. The molecular weight excluding hydrogens is 396 g/mol. The number of hydrazine groups is 1. The van der Waals surface area contributed by atoms with Gasteiger partial charge >= 0.3 is 0 Å². The van der Waals surface area contributed by atoms with Crippen LogP contribution in [0.1, 0.15) is 38.8 Å². The second kappa shape index (κ2) is 10.0. The van der Waals surface area contributed by atoms with Crippen LogP contribution in [0.25, 0.3) is 0 Å². The average molecular weight is 418 g/mol. The molecule has 0 spiro atoms. The van der Waals surface area contributed by atoms with Crippen molar-refractivity contribution < 1.29 is 14.5 Å². The highest BCUT2D eigenvalue weighted by atomic mass is 16.6. The summed E-state index contributed by atoms with van der Waals surface area (Å²) >= 11 is 0. The molecule has 8 nitrogen and oxygen atoms in total. The van der Waals surface area contributed by atoms with Crippen molar-refractivity contribution in [1.82, 2.24) is 10.9 Å². The Morgan fingerprint density at radius 3 is 2.06 bits per heavy atom. The Bertz CT molecular complexity index is 1080. The van der Waals surface area contributed by atoms with Crippen molar-refractivity contribution in [3.05, 3.63) is 105 Å². The summed E-state index contributed by atoms with van der Waals surface area (Å²) in [6.45, 7) is 2.41. The summed E-state index contributed by atoms with van der Waals surface area (Å²) in [7, 11) is 0. The first-order valence-electron chi connectivity index (χ1n) is 9.73. The van der Waals surface area contributed by atoms with Crippen molar-refractivity contribution in [2.75, 3.05) is 5.32 Å². The molecule has 2 amide bonds. The van der Waals surface area contributed by atoms with E-state index >= 15 is 0 Å². The first-order chi connectivity index (χ1) is 15.0. The van der Waals surface area contributed by atoms with Crippen LogP contribution in [0.5, 0.6) is 0 Å². The maximum Gasteiger partial charge on any atom is 0.293 e. The molecular formula is C23H22N4O4. The van der Waals surface area contributed by atoms with E-state index in [4.69, 9.17) is 0 Å². The number of nitro benzene ring substituents is 1. The van der Waals surface area contributed by atoms with E-state index in [2.05, 4.69) is 16.2 Å². The number of amides is 2. The van der Waals surface area contributed by atoms with Crippen LogP contribution in [0.3, 0.4) is 0 Å². The summed E-state index contributed by atoms with van der Waals surface area (Å²) in [6, 6.07) is 20.6. The van der Waals surface area contributed by atoms with Gasteiger partial charge in [-0.25, -0.2) is 0 Å². The number of rotatable bonds is 7. The molecule has 3 N–H and O–H groups in total. The highest BCUT2D eigenvalue weighted by Gasteiger charge is 2.18. The zero-order chi connectivity index (χ0) is 22.2. The zero-order valence-electron chi connectivity index (χ0n) is 16.9. The summed E-state index contributed by atoms with van der Waals surface area (Å²) < 4.78 is 0. The normalized spacial score (nSPS) is 10.2. The summed E-state index contributed by atoms with van der Waals surface area (Å²) in [6.07, 6.45) is 0.855. The predicted molar refractivity (Wildman–Crippen MR) is 118 cm³/mol. The van der Waals surface area contributed by atoms with Crippen LogP contribution in [0.2, 0.25) is 0 Å². The van der Waals surface area contributed by atoms with Crippen molar-refractivity contribution in [2.24, 2.45) is 0 Å². The van der Waals surface area contributed by atoms with Gasteiger partial charge in [-0.3, -0.25) is 30.6 Å². The van der Waals surface area contributed by atoms with Crippen LogP contribution in [-0.2, 0) is 13.0 Å². The molecule has 0 aliphatic heterocycles. The first-order valence-corrected chi connectivity index (χ1v) is 9.73. The number of anilines is 1. The lowest BCUT2D eigenvalue weighted by Crippen LogP contribution is -2.41. The fourth-order valence-corrected chi connectivity index (χ4v) is 2.92. The molecule has 0 unspecified atom stereocenters. The van der Waals surface area contributed by atoms with Crippen molar-refractivity contribution in [2.45, 2.75) is 19.9 Å². The molecule has 0 saturated heterocycles. The third-order valence-corrected chi connectivity index (χ3v) is 4.70. The number of carbonyl (C=O) groups is 2. The minimum absolute atomic E-state index is 0.0543. The molecule has 0 aliphatic carbocycles. The van der Waals surface area contributed by atoms with Crippen molar-refractivity contribution in [3.8, 4) is 0 Å². The quantitative estimate of drug-likeness (QED) is 0.398. The monoisotopic (exact) mass is 418 g/mol. The zero-order valence-corrected chi connectivity index (χ0v) is 16.9. The van der Waals surface area contributed by atoms with E-state index in [9.17, 15) is 19.7 Å². The number of hydrogen-bond donors (Lipinski definition) is 3. The van der Waals surface area contributed by atoms with Gasteiger partial charge in [0.05, 0.1) is 4.92 Å². The smallest absolute Gasteiger partial charge is 0.293 e. The van der Waals surface area contributed by atoms with Crippen LogP contribution in [-0.4, -0.2) is 16.7 Å². The van der Waals surface area contributed by atoms with Gasteiger partial charge in [-0.05, 0) is 41.8 Å². The van der Waals surface area contributed by atoms with E-state index in [-0.39, 0.29) is 11.3 Å². The van der Waals surface area contributed by atoms with Crippen LogP contribution in [0.15, 0.2) is 72.8 Å². The molecule has 31 heavy (non-hydrogen) atoms. The number of benzene rings is 3.